The maximum absolute atomic E-state index is 14.2. The first-order chi connectivity index (χ1) is 15.9. The molecule has 4 rings (SSSR count). The topological polar surface area (TPSA) is 134 Å². The number of fused-ring (bicyclic) bond motifs is 3. The number of rotatable bonds is 4. The van der Waals surface area contributed by atoms with Crippen molar-refractivity contribution in [2.45, 2.75) is 25.5 Å². The number of nitrogens with one attached hydrogen (secondary N) is 1. The first kappa shape index (κ1) is 22.8. The van der Waals surface area contributed by atoms with Crippen LogP contribution in [-0.4, -0.2) is 44.0 Å². The molecule has 0 radical (unpaired) electrons. The summed E-state index contributed by atoms with van der Waals surface area (Å²) in [5.41, 5.74) is 24.0. The van der Waals surface area contributed by atoms with Crippen molar-refractivity contribution in [3.63, 3.8) is 0 Å². The third kappa shape index (κ3) is 4.69. The number of ether oxygens (including phenoxy) is 2. The van der Waals surface area contributed by atoms with Crippen LogP contribution in [0.2, 0.25) is 0 Å². The Morgan fingerprint density at radius 1 is 1.27 bits per heavy atom. The number of halogens is 1. The van der Waals surface area contributed by atoms with E-state index in [1.54, 1.807) is 25.5 Å². The molecule has 0 aliphatic carbocycles. The minimum atomic E-state index is -0.540. The molecule has 9 heteroatoms. The molecule has 1 fully saturated rings. The number of nitrogens with zero attached hydrogens (tertiary/aromatic N) is 2. The molecule has 1 saturated heterocycles. The van der Waals surface area contributed by atoms with Crippen molar-refractivity contribution in [3.8, 4) is 5.75 Å². The van der Waals surface area contributed by atoms with Gasteiger partial charge in [0.1, 0.15) is 11.9 Å². The summed E-state index contributed by atoms with van der Waals surface area (Å²) in [5, 5.41) is 3.53. The molecule has 1 atom stereocenters. The molecular formula is C24H29FN6O2. The molecule has 1 aromatic carbocycles. The van der Waals surface area contributed by atoms with Gasteiger partial charge in [-0.15, -0.1) is 0 Å². The van der Waals surface area contributed by atoms with Crippen LogP contribution >= 0.6 is 0 Å². The Morgan fingerprint density at radius 2 is 2.06 bits per heavy atom. The number of hydrogen-bond acceptors (Lipinski definition) is 8. The first-order valence-electron chi connectivity index (χ1n) is 10.8. The highest BCUT2D eigenvalue weighted by molar-refractivity contribution is 5.92. The highest BCUT2D eigenvalue weighted by Crippen LogP contribution is 2.35. The fraction of sp³-hybridized carbons (Fsp3) is 0.333. The van der Waals surface area contributed by atoms with Gasteiger partial charge in [0.05, 0.1) is 19.3 Å². The summed E-state index contributed by atoms with van der Waals surface area (Å²) in [6.07, 6.45) is 3.31. The van der Waals surface area contributed by atoms with Crippen molar-refractivity contribution in [1.82, 2.24) is 10.3 Å². The van der Waals surface area contributed by atoms with Crippen molar-refractivity contribution in [2.75, 3.05) is 32.5 Å². The van der Waals surface area contributed by atoms with E-state index in [1.807, 2.05) is 13.0 Å². The normalized spacial score (nSPS) is 21.6. The fourth-order valence-electron chi connectivity index (χ4n) is 4.00. The molecule has 0 saturated carbocycles. The zero-order valence-electron chi connectivity index (χ0n) is 18.8. The number of nitrogen functional groups attached to an aromatic ring is 1. The number of hydrogen-bond donors (Lipinski definition) is 4. The van der Waals surface area contributed by atoms with Gasteiger partial charge in [0.2, 0.25) is 0 Å². The lowest BCUT2D eigenvalue weighted by atomic mass is 9.93. The first-order valence-corrected chi connectivity index (χ1v) is 10.8. The Bertz CT molecular complexity index is 1140. The number of nitrogens with two attached hydrogens (primary N) is 3. The van der Waals surface area contributed by atoms with Crippen LogP contribution in [0.3, 0.4) is 0 Å². The van der Waals surface area contributed by atoms with Crippen molar-refractivity contribution in [2.24, 2.45) is 16.5 Å². The minimum Gasteiger partial charge on any atom is -0.482 e. The van der Waals surface area contributed by atoms with Crippen LogP contribution in [0.15, 0.2) is 46.6 Å². The van der Waals surface area contributed by atoms with E-state index in [0.717, 1.165) is 22.4 Å². The molecule has 2 bridgehead atoms. The second-order valence-corrected chi connectivity index (χ2v) is 8.16. The van der Waals surface area contributed by atoms with Gasteiger partial charge < -0.3 is 32.0 Å². The lowest BCUT2D eigenvalue weighted by molar-refractivity contribution is 0.00197. The van der Waals surface area contributed by atoms with Crippen LogP contribution in [0.4, 0.5) is 10.2 Å². The summed E-state index contributed by atoms with van der Waals surface area (Å²) in [5.74, 6) is 0.254. The molecule has 33 heavy (non-hydrogen) atoms. The van der Waals surface area contributed by atoms with Crippen LogP contribution in [0.1, 0.15) is 36.1 Å². The summed E-state index contributed by atoms with van der Waals surface area (Å²) in [6, 6.07) is 6.45. The molecule has 2 aliphatic rings. The standard InChI is InChI=1S/C24H29FN6O2/c1-13-20-7-17(25)3-4-19(20)22(27)15(9-29-2)5-14(8-26)23(31-18-11-32-12-18)16-6-21(33-13)24(28)30-10-16/h3-4,6-7,9-10,13,18,31H,5,8,11-12,26-27H2,1-2H3,(H2,28,30)/b22-15?,23-14-,29-9?. The van der Waals surface area contributed by atoms with Crippen molar-refractivity contribution in [3.05, 3.63) is 64.1 Å². The fourth-order valence-corrected chi connectivity index (χ4v) is 4.00. The molecule has 174 valence electrons. The van der Waals surface area contributed by atoms with E-state index in [4.69, 9.17) is 26.7 Å². The van der Waals surface area contributed by atoms with Gasteiger partial charge in [0, 0.05) is 60.5 Å². The van der Waals surface area contributed by atoms with Gasteiger partial charge in [-0.3, -0.25) is 4.99 Å². The SMILES string of the molecule is CN=CC1=C(N)c2ccc(F)cc2C(C)Oc2cc(cnc2N)/C(NC2COC2)=C(/CN)C1. The lowest BCUT2D eigenvalue weighted by Crippen LogP contribution is -2.45. The van der Waals surface area contributed by atoms with Crippen molar-refractivity contribution < 1.29 is 13.9 Å². The molecular weight excluding hydrogens is 423 g/mol. The van der Waals surface area contributed by atoms with E-state index >= 15 is 0 Å². The molecule has 2 aliphatic heterocycles. The maximum Gasteiger partial charge on any atom is 0.166 e. The van der Waals surface area contributed by atoms with Gasteiger partial charge in [-0.25, -0.2) is 9.37 Å². The Hall–Kier alpha value is -3.43. The van der Waals surface area contributed by atoms with Crippen LogP contribution in [0, 0.1) is 5.82 Å². The van der Waals surface area contributed by atoms with Gasteiger partial charge >= 0.3 is 0 Å². The predicted molar refractivity (Wildman–Crippen MR) is 128 cm³/mol. The zero-order chi connectivity index (χ0) is 23.5. The van der Waals surface area contributed by atoms with Gasteiger partial charge in [0.15, 0.2) is 11.6 Å². The monoisotopic (exact) mass is 452 g/mol. The number of anilines is 1. The molecule has 2 aromatic rings. The quantitative estimate of drug-likeness (QED) is 0.523. The molecule has 1 unspecified atom stereocenters. The number of allylic oxidation sites excluding steroid dienone is 1. The Kier molecular flexibility index (Phi) is 6.62. The molecule has 3 heterocycles. The number of benzene rings is 1. The summed E-state index contributed by atoms with van der Waals surface area (Å²) in [4.78, 5) is 8.55. The largest absolute Gasteiger partial charge is 0.482 e. The average molecular weight is 453 g/mol. The lowest BCUT2D eigenvalue weighted by Gasteiger charge is -2.31. The zero-order valence-corrected chi connectivity index (χ0v) is 18.8. The van der Waals surface area contributed by atoms with E-state index in [0.29, 0.717) is 42.2 Å². The number of pyridine rings is 1. The minimum absolute atomic E-state index is 0.156. The Labute approximate surface area is 192 Å². The van der Waals surface area contributed by atoms with Gasteiger partial charge in [-0.05, 0) is 42.3 Å². The Morgan fingerprint density at radius 3 is 2.73 bits per heavy atom. The van der Waals surface area contributed by atoms with Crippen LogP contribution in [0.5, 0.6) is 5.75 Å². The van der Waals surface area contributed by atoms with E-state index < -0.39 is 6.10 Å². The highest BCUT2D eigenvalue weighted by atomic mass is 19.1. The average Bonchev–Trinajstić information content (AvgIpc) is 2.77. The van der Waals surface area contributed by atoms with Crippen LogP contribution in [-0.2, 0) is 4.74 Å². The van der Waals surface area contributed by atoms with E-state index in [2.05, 4.69) is 15.3 Å². The third-order valence-corrected chi connectivity index (χ3v) is 5.84. The van der Waals surface area contributed by atoms with Crippen LogP contribution < -0.4 is 27.3 Å². The predicted octanol–water partition coefficient (Wildman–Crippen LogP) is 2.38. The summed E-state index contributed by atoms with van der Waals surface area (Å²) in [7, 11) is 1.68. The van der Waals surface area contributed by atoms with Crippen molar-refractivity contribution >= 4 is 23.4 Å². The van der Waals surface area contributed by atoms with Gasteiger partial charge in [-0.1, -0.05) is 0 Å². The Balaban J connectivity index is 1.97. The molecule has 8 nitrogen and oxygen atoms in total. The van der Waals surface area contributed by atoms with Crippen molar-refractivity contribution in [1.29, 1.82) is 0 Å². The molecule has 0 amide bonds. The van der Waals surface area contributed by atoms with E-state index in [-0.39, 0.29) is 24.2 Å². The third-order valence-electron chi connectivity index (χ3n) is 5.84. The molecule has 0 spiro atoms. The second kappa shape index (κ2) is 9.60. The second-order valence-electron chi connectivity index (χ2n) is 8.16. The van der Waals surface area contributed by atoms with E-state index in [1.165, 1.54) is 12.1 Å². The smallest absolute Gasteiger partial charge is 0.166 e. The summed E-state index contributed by atoms with van der Waals surface area (Å²) in [6.45, 7) is 3.30. The van der Waals surface area contributed by atoms with Crippen LogP contribution in [0.25, 0.3) is 11.4 Å². The number of aliphatic imine (C=N–C) groups is 1. The summed E-state index contributed by atoms with van der Waals surface area (Å²) < 4.78 is 25.7. The maximum atomic E-state index is 14.2. The van der Waals surface area contributed by atoms with E-state index in [9.17, 15) is 4.39 Å². The number of aromatic nitrogens is 1. The molecule has 1 aromatic heterocycles. The molecule has 7 N–H and O–H groups in total. The van der Waals surface area contributed by atoms with Gasteiger partial charge in [-0.2, -0.15) is 0 Å². The van der Waals surface area contributed by atoms with Gasteiger partial charge in [0.25, 0.3) is 0 Å². The highest BCUT2D eigenvalue weighted by Gasteiger charge is 2.25. The summed E-state index contributed by atoms with van der Waals surface area (Å²) >= 11 is 0.